The highest BCUT2D eigenvalue weighted by Crippen LogP contribution is 2.48. The van der Waals surface area contributed by atoms with Crippen molar-refractivity contribution >= 4 is 5.91 Å². The SMILES string of the molecule is CC(C)N1C(=O)c2ccccc2[C@]1(O)[C@@H](Cc1ccccc1)c1ccccc1. The van der Waals surface area contributed by atoms with Crippen molar-refractivity contribution in [2.24, 2.45) is 0 Å². The van der Waals surface area contributed by atoms with Gasteiger partial charge in [-0.25, -0.2) is 0 Å². The highest BCUT2D eigenvalue weighted by molar-refractivity contribution is 6.00. The number of carbonyl (C=O) groups excluding carboxylic acids is 1. The van der Waals surface area contributed by atoms with Gasteiger partial charge in [0.25, 0.3) is 5.91 Å². The van der Waals surface area contributed by atoms with E-state index in [-0.39, 0.29) is 17.9 Å². The Kier molecular flexibility index (Phi) is 4.78. The van der Waals surface area contributed by atoms with Crippen molar-refractivity contribution in [3.05, 3.63) is 107 Å². The maximum atomic E-state index is 13.2. The maximum absolute atomic E-state index is 13.2. The van der Waals surface area contributed by atoms with E-state index in [0.29, 0.717) is 17.5 Å². The molecule has 0 bridgehead atoms. The quantitative estimate of drug-likeness (QED) is 0.705. The van der Waals surface area contributed by atoms with Gasteiger partial charge in [0, 0.05) is 23.1 Å². The first-order valence-corrected chi connectivity index (χ1v) is 9.78. The van der Waals surface area contributed by atoms with Gasteiger partial charge in [0.15, 0.2) is 5.72 Å². The van der Waals surface area contributed by atoms with E-state index in [1.54, 1.807) is 4.90 Å². The lowest BCUT2D eigenvalue weighted by atomic mass is 9.79. The molecule has 3 nitrogen and oxygen atoms in total. The van der Waals surface area contributed by atoms with E-state index >= 15 is 0 Å². The molecule has 2 atom stereocenters. The number of rotatable bonds is 5. The van der Waals surface area contributed by atoms with Gasteiger partial charge in [-0.05, 0) is 37.5 Å². The fourth-order valence-corrected chi connectivity index (χ4v) is 4.42. The van der Waals surface area contributed by atoms with E-state index in [1.807, 2.05) is 86.6 Å². The molecule has 0 fully saturated rings. The number of nitrogens with zero attached hydrogens (tertiary/aromatic N) is 1. The number of carbonyl (C=O) groups is 1. The van der Waals surface area contributed by atoms with Gasteiger partial charge in [0.2, 0.25) is 0 Å². The van der Waals surface area contributed by atoms with Crippen molar-refractivity contribution in [2.75, 3.05) is 0 Å². The number of benzene rings is 3. The summed E-state index contributed by atoms with van der Waals surface area (Å²) in [6.07, 6.45) is 0.631. The van der Waals surface area contributed by atoms with Crippen LogP contribution in [0.1, 0.15) is 46.8 Å². The Labute approximate surface area is 166 Å². The van der Waals surface area contributed by atoms with E-state index in [4.69, 9.17) is 0 Å². The van der Waals surface area contributed by atoms with E-state index < -0.39 is 5.72 Å². The summed E-state index contributed by atoms with van der Waals surface area (Å²) >= 11 is 0. The molecule has 4 rings (SSSR count). The topological polar surface area (TPSA) is 40.5 Å². The Morgan fingerprint density at radius 1 is 0.857 bits per heavy atom. The van der Waals surface area contributed by atoms with Gasteiger partial charge in [-0.3, -0.25) is 4.79 Å². The molecular weight excluding hydrogens is 346 g/mol. The minimum atomic E-state index is -1.40. The molecule has 0 spiro atoms. The maximum Gasteiger partial charge on any atom is 0.257 e. The molecule has 1 heterocycles. The first kappa shape index (κ1) is 18.5. The van der Waals surface area contributed by atoms with Crippen molar-refractivity contribution in [2.45, 2.75) is 38.0 Å². The molecule has 0 radical (unpaired) electrons. The molecule has 3 aromatic rings. The van der Waals surface area contributed by atoms with Gasteiger partial charge in [0.05, 0.1) is 0 Å². The summed E-state index contributed by atoms with van der Waals surface area (Å²) in [7, 11) is 0. The monoisotopic (exact) mass is 371 g/mol. The van der Waals surface area contributed by atoms with Gasteiger partial charge in [0.1, 0.15) is 0 Å². The molecule has 3 aromatic carbocycles. The molecule has 1 aliphatic heterocycles. The number of hydrogen-bond acceptors (Lipinski definition) is 2. The number of aliphatic hydroxyl groups is 1. The number of amides is 1. The zero-order valence-electron chi connectivity index (χ0n) is 16.2. The highest BCUT2D eigenvalue weighted by Gasteiger charge is 2.54. The van der Waals surface area contributed by atoms with Crippen LogP contribution in [-0.4, -0.2) is 22.0 Å². The van der Waals surface area contributed by atoms with Crippen molar-refractivity contribution in [3.63, 3.8) is 0 Å². The second kappa shape index (κ2) is 7.25. The lowest BCUT2D eigenvalue weighted by Gasteiger charge is -2.43. The van der Waals surface area contributed by atoms with Crippen LogP contribution in [0.2, 0.25) is 0 Å². The van der Waals surface area contributed by atoms with Crippen LogP contribution in [-0.2, 0) is 12.1 Å². The normalized spacial score (nSPS) is 19.7. The van der Waals surface area contributed by atoms with Crippen LogP contribution in [0, 0.1) is 0 Å². The molecule has 0 unspecified atom stereocenters. The van der Waals surface area contributed by atoms with Crippen LogP contribution in [0.15, 0.2) is 84.9 Å². The molecule has 0 aliphatic carbocycles. The van der Waals surface area contributed by atoms with Crippen LogP contribution < -0.4 is 0 Å². The molecule has 1 N–H and O–H groups in total. The molecule has 1 amide bonds. The summed E-state index contributed by atoms with van der Waals surface area (Å²) in [6, 6.07) is 27.5. The molecule has 28 heavy (non-hydrogen) atoms. The zero-order chi connectivity index (χ0) is 19.7. The fourth-order valence-electron chi connectivity index (χ4n) is 4.42. The first-order valence-electron chi connectivity index (χ1n) is 9.78. The van der Waals surface area contributed by atoms with Crippen LogP contribution >= 0.6 is 0 Å². The molecule has 3 heteroatoms. The third-order valence-electron chi connectivity index (χ3n) is 5.63. The molecule has 0 saturated carbocycles. The predicted molar refractivity (Wildman–Crippen MR) is 111 cm³/mol. The lowest BCUT2D eigenvalue weighted by molar-refractivity contribution is -0.117. The lowest BCUT2D eigenvalue weighted by Crippen LogP contribution is -2.51. The Morgan fingerprint density at radius 3 is 2.07 bits per heavy atom. The van der Waals surface area contributed by atoms with Gasteiger partial charge in [-0.1, -0.05) is 78.9 Å². The summed E-state index contributed by atoms with van der Waals surface area (Å²) in [4.78, 5) is 14.9. The van der Waals surface area contributed by atoms with Crippen LogP contribution in [0.25, 0.3) is 0 Å². The summed E-state index contributed by atoms with van der Waals surface area (Å²) in [5.41, 5.74) is 2.03. The zero-order valence-corrected chi connectivity index (χ0v) is 16.2. The van der Waals surface area contributed by atoms with E-state index in [9.17, 15) is 9.90 Å². The Morgan fingerprint density at radius 2 is 1.43 bits per heavy atom. The fraction of sp³-hybridized carbons (Fsp3) is 0.240. The second-order valence-corrected chi connectivity index (χ2v) is 7.69. The third-order valence-corrected chi connectivity index (χ3v) is 5.63. The van der Waals surface area contributed by atoms with Gasteiger partial charge in [-0.15, -0.1) is 0 Å². The van der Waals surface area contributed by atoms with Crippen molar-refractivity contribution in [3.8, 4) is 0 Å². The minimum Gasteiger partial charge on any atom is -0.366 e. The van der Waals surface area contributed by atoms with E-state index in [1.165, 1.54) is 0 Å². The van der Waals surface area contributed by atoms with E-state index in [2.05, 4.69) is 12.1 Å². The molecule has 1 aliphatic rings. The first-order chi connectivity index (χ1) is 13.5. The van der Waals surface area contributed by atoms with Crippen molar-refractivity contribution in [1.82, 2.24) is 4.90 Å². The van der Waals surface area contributed by atoms with Crippen LogP contribution in [0.5, 0.6) is 0 Å². The molecule has 0 saturated heterocycles. The Bertz CT molecular complexity index is 968. The second-order valence-electron chi connectivity index (χ2n) is 7.69. The summed E-state index contributed by atoms with van der Waals surface area (Å²) in [5.74, 6) is -0.395. The molecule has 0 aromatic heterocycles. The highest BCUT2D eigenvalue weighted by atomic mass is 16.3. The third kappa shape index (κ3) is 2.92. The van der Waals surface area contributed by atoms with Crippen LogP contribution in [0.3, 0.4) is 0 Å². The average molecular weight is 371 g/mol. The largest absolute Gasteiger partial charge is 0.366 e. The Hall–Kier alpha value is -2.91. The van der Waals surface area contributed by atoms with Crippen molar-refractivity contribution in [1.29, 1.82) is 0 Å². The van der Waals surface area contributed by atoms with Crippen LogP contribution in [0.4, 0.5) is 0 Å². The Balaban J connectivity index is 1.91. The van der Waals surface area contributed by atoms with Gasteiger partial charge < -0.3 is 10.0 Å². The van der Waals surface area contributed by atoms with Crippen molar-refractivity contribution < 1.29 is 9.90 Å². The molecule has 142 valence electrons. The minimum absolute atomic E-state index is 0.109. The summed E-state index contributed by atoms with van der Waals surface area (Å²) in [6.45, 7) is 3.92. The average Bonchev–Trinajstić information content (AvgIpc) is 2.96. The van der Waals surface area contributed by atoms with Gasteiger partial charge in [-0.2, -0.15) is 0 Å². The predicted octanol–water partition coefficient (Wildman–Crippen LogP) is 4.72. The standard InChI is InChI=1S/C25H25NO2/c1-18(2)26-24(27)21-15-9-10-16-22(21)25(26,28)23(20-13-7-4-8-14-20)17-19-11-5-3-6-12-19/h3-16,18,23,28H,17H2,1-2H3/t23-,25-/m0/s1. The molecular formula is C25H25NO2. The summed E-state index contributed by atoms with van der Waals surface area (Å²) < 4.78 is 0. The number of hydrogen-bond donors (Lipinski definition) is 1. The van der Waals surface area contributed by atoms with Gasteiger partial charge >= 0.3 is 0 Å². The van der Waals surface area contributed by atoms with E-state index in [0.717, 1.165) is 11.1 Å². The smallest absolute Gasteiger partial charge is 0.257 e. The number of fused-ring (bicyclic) bond motifs is 1. The summed E-state index contributed by atoms with van der Waals surface area (Å²) in [5, 5.41) is 12.2.